The zero-order valence-electron chi connectivity index (χ0n) is 15.2. The summed E-state index contributed by atoms with van der Waals surface area (Å²) in [5.41, 5.74) is 2.52. The lowest BCUT2D eigenvalue weighted by Gasteiger charge is -2.12. The Hall–Kier alpha value is -3.28. The van der Waals surface area contributed by atoms with Crippen molar-refractivity contribution < 1.29 is 19.1 Å². The van der Waals surface area contributed by atoms with Gasteiger partial charge in [0.05, 0.1) is 13.2 Å². The summed E-state index contributed by atoms with van der Waals surface area (Å²) in [6.07, 6.45) is 2.92. The van der Waals surface area contributed by atoms with Crippen molar-refractivity contribution in [1.82, 2.24) is 4.90 Å². The van der Waals surface area contributed by atoms with Crippen LogP contribution in [0, 0.1) is 0 Å². The van der Waals surface area contributed by atoms with Crippen molar-refractivity contribution in [2.24, 2.45) is 0 Å². The molecule has 0 aliphatic carbocycles. The SMILES string of the molecule is CCOc1ccccc1/C=C/C(=O)Nc1ccc(CN2CCOC2=O)cc1. The molecule has 0 aromatic heterocycles. The van der Waals surface area contributed by atoms with E-state index in [-0.39, 0.29) is 12.0 Å². The molecule has 0 unspecified atom stereocenters. The van der Waals surface area contributed by atoms with E-state index < -0.39 is 0 Å². The average molecular weight is 366 g/mol. The number of anilines is 1. The minimum absolute atomic E-state index is 0.225. The molecular weight excluding hydrogens is 344 g/mol. The molecular formula is C21H22N2O4. The summed E-state index contributed by atoms with van der Waals surface area (Å²) in [7, 11) is 0. The molecule has 0 atom stereocenters. The van der Waals surface area contributed by atoms with Crippen LogP contribution in [-0.2, 0) is 16.1 Å². The highest BCUT2D eigenvalue weighted by molar-refractivity contribution is 6.02. The largest absolute Gasteiger partial charge is 0.493 e. The van der Waals surface area contributed by atoms with E-state index >= 15 is 0 Å². The van der Waals surface area contributed by atoms with Gasteiger partial charge >= 0.3 is 6.09 Å². The Kier molecular flexibility index (Phi) is 6.10. The third-order valence-corrected chi connectivity index (χ3v) is 4.07. The summed E-state index contributed by atoms with van der Waals surface area (Å²) in [6.45, 7) is 4.03. The lowest BCUT2D eigenvalue weighted by atomic mass is 10.1. The van der Waals surface area contributed by atoms with Crippen molar-refractivity contribution in [2.45, 2.75) is 13.5 Å². The lowest BCUT2D eigenvalue weighted by molar-refractivity contribution is -0.111. The van der Waals surface area contributed by atoms with E-state index in [9.17, 15) is 9.59 Å². The smallest absolute Gasteiger partial charge is 0.410 e. The number of cyclic esters (lactones) is 1. The first kappa shape index (κ1) is 18.5. The molecule has 1 aliphatic heterocycles. The van der Waals surface area contributed by atoms with Gasteiger partial charge in [0.25, 0.3) is 0 Å². The number of benzene rings is 2. The van der Waals surface area contributed by atoms with Gasteiger partial charge < -0.3 is 19.7 Å². The molecule has 27 heavy (non-hydrogen) atoms. The fourth-order valence-electron chi connectivity index (χ4n) is 2.74. The Balaban J connectivity index is 1.57. The molecule has 3 rings (SSSR count). The molecule has 0 radical (unpaired) electrons. The molecule has 6 nitrogen and oxygen atoms in total. The van der Waals surface area contributed by atoms with Gasteiger partial charge in [0, 0.05) is 23.9 Å². The second-order valence-electron chi connectivity index (χ2n) is 6.03. The van der Waals surface area contributed by atoms with Crippen LogP contribution in [0.3, 0.4) is 0 Å². The maximum atomic E-state index is 12.2. The molecule has 2 aromatic rings. The van der Waals surface area contributed by atoms with E-state index in [4.69, 9.17) is 9.47 Å². The van der Waals surface area contributed by atoms with E-state index in [1.807, 2.05) is 55.5 Å². The van der Waals surface area contributed by atoms with Crippen LogP contribution < -0.4 is 10.1 Å². The highest BCUT2D eigenvalue weighted by Crippen LogP contribution is 2.19. The Morgan fingerprint density at radius 2 is 2.00 bits per heavy atom. The van der Waals surface area contributed by atoms with Gasteiger partial charge in [0.15, 0.2) is 0 Å². The van der Waals surface area contributed by atoms with Crippen molar-refractivity contribution in [3.05, 3.63) is 65.7 Å². The molecule has 140 valence electrons. The topological polar surface area (TPSA) is 67.9 Å². The van der Waals surface area contributed by atoms with Gasteiger partial charge in [-0.3, -0.25) is 4.79 Å². The van der Waals surface area contributed by atoms with Crippen LogP contribution in [0.2, 0.25) is 0 Å². The minimum atomic E-state index is -0.287. The molecule has 0 spiro atoms. The molecule has 1 aliphatic rings. The number of carbonyl (C=O) groups is 2. The fourth-order valence-corrected chi connectivity index (χ4v) is 2.74. The highest BCUT2D eigenvalue weighted by Gasteiger charge is 2.21. The van der Waals surface area contributed by atoms with Crippen LogP contribution in [0.15, 0.2) is 54.6 Å². The van der Waals surface area contributed by atoms with Crippen molar-refractivity contribution >= 4 is 23.8 Å². The number of rotatable bonds is 7. The van der Waals surface area contributed by atoms with E-state index in [0.717, 1.165) is 16.9 Å². The molecule has 0 saturated carbocycles. The summed E-state index contributed by atoms with van der Waals surface area (Å²) in [5, 5.41) is 2.82. The highest BCUT2D eigenvalue weighted by atomic mass is 16.6. The van der Waals surface area contributed by atoms with Crippen LogP contribution in [0.5, 0.6) is 5.75 Å². The first-order chi connectivity index (χ1) is 13.2. The van der Waals surface area contributed by atoms with Gasteiger partial charge in [0.1, 0.15) is 12.4 Å². The van der Waals surface area contributed by atoms with Crippen molar-refractivity contribution in [1.29, 1.82) is 0 Å². The van der Waals surface area contributed by atoms with E-state index in [2.05, 4.69) is 5.32 Å². The van der Waals surface area contributed by atoms with Gasteiger partial charge in [-0.25, -0.2) is 4.79 Å². The predicted octanol–water partition coefficient (Wildman–Crippen LogP) is 3.69. The molecule has 1 N–H and O–H groups in total. The van der Waals surface area contributed by atoms with E-state index in [0.29, 0.717) is 32.0 Å². The first-order valence-electron chi connectivity index (χ1n) is 8.87. The molecule has 1 fully saturated rings. The second kappa shape index (κ2) is 8.89. The molecule has 2 aromatic carbocycles. The van der Waals surface area contributed by atoms with E-state index in [1.54, 1.807) is 11.0 Å². The zero-order chi connectivity index (χ0) is 19.1. The van der Waals surface area contributed by atoms with Crippen LogP contribution in [0.4, 0.5) is 10.5 Å². The van der Waals surface area contributed by atoms with Crippen molar-refractivity contribution in [2.75, 3.05) is 25.1 Å². The number of nitrogens with zero attached hydrogens (tertiary/aromatic N) is 1. The number of hydrogen-bond donors (Lipinski definition) is 1. The Labute approximate surface area is 158 Å². The summed E-state index contributed by atoms with van der Waals surface area (Å²) >= 11 is 0. The molecule has 2 amide bonds. The van der Waals surface area contributed by atoms with Crippen LogP contribution in [0.1, 0.15) is 18.1 Å². The van der Waals surface area contributed by atoms with Gasteiger partial charge in [0.2, 0.25) is 5.91 Å². The third kappa shape index (κ3) is 5.10. The predicted molar refractivity (Wildman–Crippen MR) is 103 cm³/mol. The number of nitrogens with one attached hydrogen (secondary N) is 1. The molecule has 6 heteroatoms. The first-order valence-corrected chi connectivity index (χ1v) is 8.87. The summed E-state index contributed by atoms with van der Waals surface area (Å²) in [6, 6.07) is 15.0. The summed E-state index contributed by atoms with van der Waals surface area (Å²) < 4.78 is 10.5. The Morgan fingerprint density at radius 3 is 2.70 bits per heavy atom. The van der Waals surface area contributed by atoms with Gasteiger partial charge in [-0.15, -0.1) is 0 Å². The fraction of sp³-hybridized carbons (Fsp3) is 0.238. The quantitative estimate of drug-likeness (QED) is 0.759. The third-order valence-electron chi connectivity index (χ3n) is 4.07. The summed E-state index contributed by atoms with van der Waals surface area (Å²) in [5.74, 6) is 0.519. The monoisotopic (exact) mass is 366 g/mol. The lowest BCUT2D eigenvalue weighted by Crippen LogP contribution is -2.23. The number of para-hydroxylation sites is 1. The number of amides is 2. The van der Waals surface area contributed by atoms with Crippen LogP contribution in [0.25, 0.3) is 6.08 Å². The van der Waals surface area contributed by atoms with Crippen molar-refractivity contribution in [3.63, 3.8) is 0 Å². The standard InChI is InChI=1S/C21H22N2O4/c1-2-26-19-6-4-3-5-17(19)9-12-20(24)22-18-10-7-16(8-11-18)15-23-13-14-27-21(23)25/h3-12H,2,13-15H2,1H3,(H,22,24)/b12-9+. The van der Waals surface area contributed by atoms with Crippen molar-refractivity contribution in [3.8, 4) is 5.75 Å². The minimum Gasteiger partial charge on any atom is -0.493 e. The molecule has 0 bridgehead atoms. The van der Waals surface area contributed by atoms with Crippen LogP contribution >= 0.6 is 0 Å². The Morgan fingerprint density at radius 1 is 1.22 bits per heavy atom. The Bertz CT molecular complexity index is 830. The van der Waals surface area contributed by atoms with Gasteiger partial charge in [-0.05, 0) is 36.8 Å². The number of hydrogen-bond acceptors (Lipinski definition) is 4. The maximum absolute atomic E-state index is 12.2. The van der Waals surface area contributed by atoms with Gasteiger partial charge in [-0.2, -0.15) is 0 Å². The maximum Gasteiger partial charge on any atom is 0.410 e. The second-order valence-corrected chi connectivity index (χ2v) is 6.03. The van der Waals surface area contributed by atoms with Gasteiger partial charge in [-0.1, -0.05) is 30.3 Å². The molecule has 1 heterocycles. The van der Waals surface area contributed by atoms with Crippen LogP contribution in [-0.4, -0.2) is 36.7 Å². The summed E-state index contributed by atoms with van der Waals surface area (Å²) in [4.78, 5) is 25.3. The average Bonchev–Trinajstić information content (AvgIpc) is 3.07. The van der Waals surface area contributed by atoms with E-state index in [1.165, 1.54) is 6.08 Å². The number of carbonyl (C=O) groups excluding carboxylic acids is 2. The normalized spacial score (nSPS) is 13.7. The number of ether oxygens (including phenoxy) is 2. The zero-order valence-corrected chi connectivity index (χ0v) is 15.2. The molecule has 1 saturated heterocycles.